The fourth-order valence-electron chi connectivity index (χ4n) is 4.59. The molecule has 8 nitrogen and oxygen atoms in total. The van der Waals surface area contributed by atoms with Gasteiger partial charge < -0.3 is 10.6 Å². The summed E-state index contributed by atoms with van der Waals surface area (Å²) in [6.45, 7) is 2.16. The van der Waals surface area contributed by atoms with Gasteiger partial charge in [-0.1, -0.05) is 36.4 Å². The summed E-state index contributed by atoms with van der Waals surface area (Å²) in [5, 5.41) is 0. The Morgan fingerprint density at radius 3 is 2.39 bits per heavy atom. The molecule has 1 spiro atoms. The first kappa shape index (κ1) is 21.0. The number of hydrogen-bond acceptors (Lipinski definition) is 5. The van der Waals surface area contributed by atoms with Crippen molar-refractivity contribution in [3.8, 4) is 0 Å². The van der Waals surface area contributed by atoms with Crippen LogP contribution in [0.3, 0.4) is 0 Å². The molecule has 0 unspecified atom stereocenters. The fraction of sp³-hybridized carbons (Fsp3) is 0.391. The second-order valence-corrected chi connectivity index (χ2v) is 8.20. The number of aromatic nitrogens is 1. The Labute approximate surface area is 181 Å². The van der Waals surface area contributed by atoms with Gasteiger partial charge in [-0.25, -0.2) is 4.79 Å². The Bertz CT molecular complexity index is 942. The average Bonchev–Trinajstić information content (AvgIpc) is 2.96. The number of carbonyl (C=O) groups excluding carboxylic acids is 3. The summed E-state index contributed by atoms with van der Waals surface area (Å²) in [5.41, 5.74) is 6.62. The predicted molar refractivity (Wildman–Crippen MR) is 115 cm³/mol. The third kappa shape index (κ3) is 4.29. The molecule has 2 saturated heterocycles. The zero-order valence-electron chi connectivity index (χ0n) is 17.4. The van der Waals surface area contributed by atoms with Crippen LogP contribution in [0.4, 0.5) is 4.79 Å². The number of urea groups is 1. The molecule has 2 aliphatic heterocycles. The van der Waals surface area contributed by atoms with Crippen LogP contribution in [0.5, 0.6) is 0 Å². The van der Waals surface area contributed by atoms with Gasteiger partial charge in [-0.05, 0) is 36.5 Å². The fourth-order valence-corrected chi connectivity index (χ4v) is 4.59. The predicted octanol–water partition coefficient (Wildman–Crippen LogP) is 1.41. The van der Waals surface area contributed by atoms with Gasteiger partial charge in [0.15, 0.2) is 0 Å². The van der Waals surface area contributed by atoms with Gasteiger partial charge in [0, 0.05) is 38.6 Å². The summed E-state index contributed by atoms with van der Waals surface area (Å²) in [5.74, 6) is -0.985. The van der Waals surface area contributed by atoms with Gasteiger partial charge in [-0.2, -0.15) is 0 Å². The van der Waals surface area contributed by atoms with Gasteiger partial charge in [0.2, 0.25) is 5.91 Å². The molecule has 1 aromatic heterocycles. The molecule has 2 aromatic rings. The van der Waals surface area contributed by atoms with E-state index in [9.17, 15) is 14.4 Å². The maximum Gasteiger partial charge on any atom is 0.328 e. The normalized spacial score (nSPS) is 18.7. The monoisotopic (exact) mass is 421 g/mol. The summed E-state index contributed by atoms with van der Waals surface area (Å²) in [4.78, 5) is 47.1. The van der Waals surface area contributed by atoms with Crippen molar-refractivity contribution < 1.29 is 14.4 Å². The minimum absolute atomic E-state index is 0.301. The average molecular weight is 422 g/mol. The number of amides is 4. The lowest BCUT2D eigenvalue weighted by atomic mass is 9.85. The third-order valence-electron chi connectivity index (χ3n) is 6.21. The third-order valence-corrected chi connectivity index (χ3v) is 6.21. The van der Waals surface area contributed by atoms with E-state index in [-0.39, 0.29) is 12.5 Å². The number of nitrogens with two attached hydrogens (primary N) is 1. The van der Waals surface area contributed by atoms with Crippen molar-refractivity contribution in [2.75, 3.05) is 26.2 Å². The molecular weight excluding hydrogens is 394 g/mol. The van der Waals surface area contributed by atoms with Crippen molar-refractivity contribution in [1.29, 1.82) is 0 Å². The first-order chi connectivity index (χ1) is 15.0. The van der Waals surface area contributed by atoms with Crippen LogP contribution in [-0.4, -0.2) is 69.2 Å². The first-order valence-electron chi connectivity index (χ1n) is 10.6. The number of pyridine rings is 1. The quantitative estimate of drug-likeness (QED) is 0.682. The summed E-state index contributed by atoms with van der Waals surface area (Å²) in [6.07, 6.45) is 5.29. The second-order valence-electron chi connectivity index (χ2n) is 8.20. The molecule has 2 aliphatic rings. The minimum Gasteiger partial charge on any atom is -0.368 e. The highest BCUT2D eigenvalue weighted by Crippen LogP contribution is 2.37. The van der Waals surface area contributed by atoms with Gasteiger partial charge in [-0.3, -0.25) is 24.4 Å². The van der Waals surface area contributed by atoms with Crippen LogP contribution in [0.25, 0.3) is 0 Å². The molecule has 4 amide bonds. The maximum atomic E-state index is 13.3. The number of piperidine rings is 1. The van der Waals surface area contributed by atoms with Crippen molar-refractivity contribution in [1.82, 2.24) is 19.7 Å². The molecule has 162 valence electrons. The highest BCUT2D eigenvalue weighted by Gasteiger charge is 2.57. The highest BCUT2D eigenvalue weighted by molar-refractivity contribution is 6.09. The van der Waals surface area contributed by atoms with Gasteiger partial charge in [0.1, 0.15) is 12.1 Å². The van der Waals surface area contributed by atoms with E-state index < -0.39 is 17.5 Å². The molecule has 0 aliphatic carbocycles. The van der Waals surface area contributed by atoms with E-state index in [1.54, 1.807) is 11.1 Å². The van der Waals surface area contributed by atoms with E-state index in [1.807, 2.05) is 48.7 Å². The Hall–Kier alpha value is -3.26. The molecule has 31 heavy (non-hydrogen) atoms. The number of benzene rings is 1. The van der Waals surface area contributed by atoms with Crippen LogP contribution in [0, 0.1) is 0 Å². The second kappa shape index (κ2) is 8.85. The van der Waals surface area contributed by atoms with E-state index in [2.05, 4.69) is 9.88 Å². The van der Waals surface area contributed by atoms with E-state index in [0.29, 0.717) is 38.9 Å². The summed E-state index contributed by atoms with van der Waals surface area (Å²) < 4.78 is 0. The number of rotatable bonds is 7. The molecule has 3 heterocycles. The van der Waals surface area contributed by atoms with Crippen molar-refractivity contribution in [3.63, 3.8) is 0 Å². The largest absolute Gasteiger partial charge is 0.368 e. The molecule has 0 atom stereocenters. The van der Waals surface area contributed by atoms with Crippen LogP contribution in [0.15, 0.2) is 54.9 Å². The molecule has 1 aromatic carbocycles. The van der Waals surface area contributed by atoms with Crippen molar-refractivity contribution in [2.45, 2.75) is 31.3 Å². The zero-order valence-corrected chi connectivity index (χ0v) is 17.4. The Morgan fingerprint density at radius 2 is 1.74 bits per heavy atom. The highest BCUT2D eigenvalue weighted by atomic mass is 16.2. The summed E-state index contributed by atoms with van der Waals surface area (Å²) >= 11 is 0. The molecule has 2 N–H and O–H groups in total. The maximum absolute atomic E-state index is 13.3. The van der Waals surface area contributed by atoms with Crippen LogP contribution < -0.4 is 5.73 Å². The van der Waals surface area contributed by atoms with Crippen LogP contribution in [-0.2, 0) is 22.6 Å². The number of likely N-dealkylation sites (tertiary alicyclic amines) is 1. The molecule has 8 heteroatoms. The summed E-state index contributed by atoms with van der Waals surface area (Å²) in [6, 6.07) is 13.4. The Morgan fingerprint density at radius 1 is 1.03 bits per heavy atom. The van der Waals surface area contributed by atoms with Gasteiger partial charge >= 0.3 is 6.03 Å². The van der Waals surface area contributed by atoms with E-state index in [4.69, 9.17) is 5.73 Å². The van der Waals surface area contributed by atoms with E-state index in [0.717, 1.165) is 22.6 Å². The number of nitrogens with zero attached hydrogens (tertiary/aromatic N) is 4. The topological polar surface area (TPSA) is 99.8 Å². The van der Waals surface area contributed by atoms with Crippen LogP contribution in [0.1, 0.15) is 24.0 Å². The van der Waals surface area contributed by atoms with Gasteiger partial charge in [-0.15, -0.1) is 0 Å². The van der Waals surface area contributed by atoms with E-state index >= 15 is 0 Å². The Kier molecular flexibility index (Phi) is 5.99. The summed E-state index contributed by atoms with van der Waals surface area (Å²) in [7, 11) is 0. The van der Waals surface area contributed by atoms with Gasteiger partial charge in [0.25, 0.3) is 5.91 Å². The lowest BCUT2D eigenvalue weighted by Gasteiger charge is -2.42. The molecule has 4 rings (SSSR count). The Balaban J connectivity index is 1.51. The molecule has 0 bridgehead atoms. The molecule has 0 radical (unpaired) electrons. The van der Waals surface area contributed by atoms with Crippen molar-refractivity contribution >= 4 is 17.8 Å². The van der Waals surface area contributed by atoms with Crippen LogP contribution in [0.2, 0.25) is 0 Å². The van der Waals surface area contributed by atoms with E-state index in [1.165, 1.54) is 0 Å². The number of primary amides is 1. The smallest absolute Gasteiger partial charge is 0.328 e. The minimum atomic E-state index is -0.910. The number of carbonyl (C=O) groups is 3. The lowest BCUT2D eigenvalue weighted by Crippen LogP contribution is -2.56. The standard InChI is InChI=1S/C23H27N5O3/c24-20(29)17-27-21(30)23(28(22(27)31)12-8-18-5-2-1-3-6-18)9-13-26(14-10-23)16-19-7-4-11-25-15-19/h1-7,11,15H,8-10,12-14,16-17H2,(H2,24,29). The number of hydrogen-bond donors (Lipinski definition) is 1. The van der Waals surface area contributed by atoms with Gasteiger partial charge in [0.05, 0.1) is 0 Å². The van der Waals surface area contributed by atoms with Crippen molar-refractivity contribution in [2.24, 2.45) is 5.73 Å². The zero-order chi connectivity index (χ0) is 21.8. The molecular formula is C23H27N5O3. The first-order valence-corrected chi connectivity index (χ1v) is 10.6. The van der Waals surface area contributed by atoms with Crippen molar-refractivity contribution in [3.05, 3.63) is 66.0 Å². The molecule has 0 saturated carbocycles. The molecule has 2 fully saturated rings. The number of imide groups is 1. The van der Waals surface area contributed by atoms with Crippen LogP contribution >= 0.6 is 0 Å². The SMILES string of the molecule is NC(=O)CN1C(=O)N(CCc2ccccc2)C2(CCN(Cc3cccnc3)CC2)C1=O. The lowest BCUT2D eigenvalue weighted by molar-refractivity contribution is -0.137.